The molecule has 1 aromatic rings. The molecular weight excluding hydrogens is 242 g/mol. The third-order valence-electron chi connectivity index (χ3n) is 2.05. The van der Waals surface area contributed by atoms with E-state index >= 15 is 0 Å². The molecule has 0 aromatic heterocycles. The fourth-order valence-corrected chi connectivity index (χ4v) is 1.52. The highest BCUT2D eigenvalue weighted by Crippen LogP contribution is 2.35. The second kappa shape index (κ2) is 6.15. The Hall–Kier alpha value is -1.68. The predicted molar refractivity (Wildman–Crippen MR) is 68.0 cm³/mol. The van der Waals surface area contributed by atoms with Crippen LogP contribution in [-0.4, -0.2) is 20.1 Å². The minimum absolute atomic E-state index is 0.243. The van der Waals surface area contributed by atoms with Crippen LogP contribution in [0.4, 0.5) is 5.69 Å². The number of benzene rings is 1. The van der Waals surface area contributed by atoms with E-state index in [9.17, 15) is 4.79 Å². The lowest BCUT2D eigenvalue weighted by Crippen LogP contribution is -2.09. The standard InChI is InChI=1S/C12H14ClNO3/c1-4-5-12(15)14-9-6-8(13)10(16-2)7-11(9)17-3/h4-7H,1-3H3,(H,14,15)/b5-4-. The zero-order valence-corrected chi connectivity index (χ0v) is 10.7. The van der Waals surface area contributed by atoms with Crippen LogP contribution in [0.5, 0.6) is 11.5 Å². The first-order valence-corrected chi connectivity index (χ1v) is 5.35. The second-order valence-electron chi connectivity index (χ2n) is 3.18. The zero-order chi connectivity index (χ0) is 12.8. The van der Waals surface area contributed by atoms with E-state index in [4.69, 9.17) is 21.1 Å². The number of hydrogen-bond donors (Lipinski definition) is 1. The van der Waals surface area contributed by atoms with Gasteiger partial charge in [-0.2, -0.15) is 0 Å². The van der Waals surface area contributed by atoms with Crippen molar-refractivity contribution in [1.82, 2.24) is 0 Å². The summed E-state index contributed by atoms with van der Waals surface area (Å²) < 4.78 is 10.2. The Morgan fingerprint density at radius 1 is 1.29 bits per heavy atom. The van der Waals surface area contributed by atoms with Crippen LogP contribution in [0.2, 0.25) is 5.02 Å². The Morgan fingerprint density at radius 3 is 2.47 bits per heavy atom. The molecule has 1 amide bonds. The van der Waals surface area contributed by atoms with Crippen LogP contribution in [0.3, 0.4) is 0 Å². The molecule has 0 saturated heterocycles. The van der Waals surface area contributed by atoms with Crippen molar-refractivity contribution >= 4 is 23.2 Å². The fraction of sp³-hybridized carbons (Fsp3) is 0.250. The van der Waals surface area contributed by atoms with Gasteiger partial charge in [0.2, 0.25) is 5.91 Å². The minimum atomic E-state index is -0.243. The van der Waals surface area contributed by atoms with Gasteiger partial charge in [0, 0.05) is 6.07 Å². The van der Waals surface area contributed by atoms with E-state index in [1.807, 2.05) is 0 Å². The largest absolute Gasteiger partial charge is 0.495 e. The van der Waals surface area contributed by atoms with E-state index in [1.54, 1.807) is 25.1 Å². The Labute approximate surface area is 105 Å². The summed E-state index contributed by atoms with van der Waals surface area (Å²) in [5.41, 5.74) is 0.501. The van der Waals surface area contributed by atoms with Crippen molar-refractivity contribution < 1.29 is 14.3 Å². The predicted octanol–water partition coefficient (Wildman–Crippen LogP) is 2.87. The number of rotatable bonds is 4. The summed E-state index contributed by atoms with van der Waals surface area (Å²) in [4.78, 5) is 11.4. The molecule has 0 aliphatic rings. The summed E-state index contributed by atoms with van der Waals surface area (Å²) in [6, 6.07) is 3.20. The average Bonchev–Trinajstić information content (AvgIpc) is 2.29. The number of nitrogens with one attached hydrogen (secondary N) is 1. The highest BCUT2D eigenvalue weighted by molar-refractivity contribution is 6.32. The highest BCUT2D eigenvalue weighted by atomic mass is 35.5. The first-order chi connectivity index (χ1) is 8.12. The van der Waals surface area contributed by atoms with E-state index in [0.29, 0.717) is 22.2 Å². The van der Waals surface area contributed by atoms with E-state index < -0.39 is 0 Å². The number of ether oxygens (including phenoxy) is 2. The van der Waals surface area contributed by atoms with Gasteiger partial charge in [-0.25, -0.2) is 0 Å². The molecule has 1 rings (SSSR count). The lowest BCUT2D eigenvalue weighted by atomic mass is 10.2. The quantitative estimate of drug-likeness (QED) is 0.842. The van der Waals surface area contributed by atoms with Gasteiger partial charge in [0.1, 0.15) is 11.5 Å². The average molecular weight is 256 g/mol. The van der Waals surface area contributed by atoms with Crippen molar-refractivity contribution in [3.63, 3.8) is 0 Å². The molecule has 0 aliphatic carbocycles. The number of methoxy groups -OCH3 is 2. The van der Waals surface area contributed by atoms with Crippen molar-refractivity contribution in [2.24, 2.45) is 0 Å². The van der Waals surface area contributed by atoms with E-state index in [2.05, 4.69) is 5.32 Å². The highest BCUT2D eigenvalue weighted by Gasteiger charge is 2.11. The van der Waals surface area contributed by atoms with Gasteiger partial charge in [0.05, 0.1) is 24.9 Å². The Bertz CT molecular complexity index is 444. The summed E-state index contributed by atoms with van der Waals surface area (Å²) >= 11 is 5.97. The molecule has 0 atom stereocenters. The van der Waals surface area contributed by atoms with Crippen molar-refractivity contribution in [1.29, 1.82) is 0 Å². The van der Waals surface area contributed by atoms with Crippen LogP contribution < -0.4 is 14.8 Å². The summed E-state index contributed by atoms with van der Waals surface area (Å²) in [6.07, 6.45) is 3.06. The Kier molecular flexibility index (Phi) is 4.84. The van der Waals surface area contributed by atoms with Gasteiger partial charge >= 0.3 is 0 Å². The van der Waals surface area contributed by atoms with Crippen LogP contribution in [0, 0.1) is 0 Å². The topological polar surface area (TPSA) is 47.6 Å². The molecule has 0 unspecified atom stereocenters. The minimum Gasteiger partial charge on any atom is -0.495 e. The number of allylic oxidation sites excluding steroid dienone is 1. The normalized spacial score (nSPS) is 10.4. The van der Waals surface area contributed by atoms with Crippen molar-refractivity contribution in [3.05, 3.63) is 29.3 Å². The van der Waals surface area contributed by atoms with Gasteiger partial charge in [-0.05, 0) is 19.1 Å². The van der Waals surface area contributed by atoms with Crippen LogP contribution in [0.25, 0.3) is 0 Å². The first-order valence-electron chi connectivity index (χ1n) is 4.97. The van der Waals surface area contributed by atoms with Gasteiger partial charge in [-0.1, -0.05) is 17.7 Å². The summed E-state index contributed by atoms with van der Waals surface area (Å²) in [5, 5.41) is 3.07. The third-order valence-corrected chi connectivity index (χ3v) is 2.35. The van der Waals surface area contributed by atoms with Crippen LogP contribution in [-0.2, 0) is 4.79 Å². The maximum Gasteiger partial charge on any atom is 0.248 e. The van der Waals surface area contributed by atoms with Gasteiger partial charge in [0.15, 0.2) is 0 Å². The number of hydrogen-bond acceptors (Lipinski definition) is 3. The Morgan fingerprint density at radius 2 is 1.94 bits per heavy atom. The maximum absolute atomic E-state index is 11.4. The smallest absolute Gasteiger partial charge is 0.248 e. The van der Waals surface area contributed by atoms with E-state index in [-0.39, 0.29) is 5.91 Å². The number of amides is 1. The lowest BCUT2D eigenvalue weighted by molar-refractivity contribution is -0.111. The number of carbonyl (C=O) groups excluding carboxylic acids is 1. The second-order valence-corrected chi connectivity index (χ2v) is 3.58. The van der Waals surface area contributed by atoms with Gasteiger partial charge < -0.3 is 14.8 Å². The molecule has 4 nitrogen and oxygen atoms in total. The molecular formula is C12H14ClNO3. The summed E-state index contributed by atoms with van der Waals surface area (Å²) in [6.45, 7) is 1.76. The first kappa shape index (κ1) is 13.4. The molecule has 17 heavy (non-hydrogen) atoms. The van der Waals surface area contributed by atoms with Gasteiger partial charge in [-0.3, -0.25) is 4.79 Å². The summed E-state index contributed by atoms with van der Waals surface area (Å²) in [7, 11) is 3.02. The lowest BCUT2D eigenvalue weighted by Gasteiger charge is -2.12. The van der Waals surface area contributed by atoms with E-state index in [1.165, 1.54) is 20.3 Å². The molecule has 0 heterocycles. The molecule has 1 aromatic carbocycles. The van der Waals surface area contributed by atoms with Crippen molar-refractivity contribution in [2.45, 2.75) is 6.92 Å². The van der Waals surface area contributed by atoms with Crippen LogP contribution in [0.1, 0.15) is 6.92 Å². The molecule has 5 heteroatoms. The molecule has 0 saturated carbocycles. The third kappa shape index (κ3) is 3.39. The number of anilines is 1. The molecule has 92 valence electrons. The van der Waals surface area contributed by atoms with E-state index in [0.717, 1.165) is 0 Å². The fourth-order valence-electron chi connectivity index (χ4n) is 1.28. The number of halogens is 1. The number of carbonyl (C=O) groups is 1. The molecule has 0 radical (unpaired) electrons. The molecule has 0 aliphatic heterocycles. The van der Waals surface area contributed by atoms with Crippen molar-refractivity contribution in [3.8, 4) is 11.5 Å². The van der Waals surface area contributed by atoms with Crippen LogP contribution in [0.15, 0.2) is 24.3 Å². The molecule has 0 spiro atoms. The van der Waals surface area contributed by atoms with Crippen LogP contribution >= 0.6 is 11.6 Å². The zero-order valence-electron chi connectivity index (χ0n) is 9.91. The van der Waals surface area contributed by atoms with Gasteiger partial charge in [0.25, 0.3) is 0 Å². The molecule has 0 bridgehead atoms. The van der Waals surface area contributed by atoms with Gasteiger partial charge in [-0.15, -0.1) is 0 Å². The Balaban J connectivity index is 3.06. The van der Waals surface area contributed by atoms with Crippen molar-refractivity contribution in [2.75, 3.05) is 19.5 Å². The summed E-state index contributed by atoms with van der Waals surface area (Å²) in [5.74, 6) is 0.740. The molecule has 1 N–H and O–H groups in total. The molecule has 0 fully saturated rings. The maximum atomic E-state index is 11.4. The SMILES string of the molecule is C/C=C\C(=O)Nc1cc(Cl)c(OC)cc1OC. The monoisotopic (exact) mass is 255 g/mol.